The normalized spacial score (nSPS) is 10.3. The van der Waals surface area contributed by atoms with Gasteiger partial charge in [0.05, 0.1) is 13.7 Å². The molecule has 0 aliphatic rings. The smallest absolute Gasteiger partial charge is 0.411 e. The second-order valence-electron chi connectivity index (χ2n) is 6.03. The van der Waals surface area contributed by atoms with Crippen LogP contribution in [-0.2, 0) is 4.74 Å². The molecule has 6 heteroatoms. The lowest BCUT2D eigenvalue weighted by atomic mass is 10.0. The molecule has 2 rings (SSSR count). The molecule has 0 spiro atoms. The first-order valence-corrected chi connectivity index (χ1v) is 8.45. The van der Waals surface area contributed by atoms with Crippen molar-refractivity contribution in [3.8, 4) is 5.75 Å². The van der Waals surface area contributed by atoms with E-state index in [4.69, 9.17) is 4.74 Å². The maximum absolute atomic E-state index is 12.2. The monoisotopic (exact) mass is 356 g/mol. The summed E-state index contributed by atoms with van der Waals surface area (Å²) in [6, 6.07) is 14.6. The number of anilines is 1. The number of hydrogen-bond acceptors (Lipinski definition) is 4. The summed E-state index contributed by atoms with van der Waals surface area (Å²) in [5.74, 6) is 1.01. The zero-order valence-electron chi connectivity index (χ0n) is 15.2. The molecule has 2 amide bonds. The van der Waals surface area contributed by atoms with Gasteiger partial charge >= 0.3 is 6.09 Å². The van der Waals surface area contributed by atoms with Crippen molar-refractivity contribution in [1.29, 1.82) is 0 Å². The predicted molar refractivity (Wildman–Crippen MR) is 101 cm³/mol. The first-order chi connectivity index (χ1) is 12.5. The molecule has 0 bridgehead atoms. The molecule has 0 fully saturated rings. The fraction of sp³-hybridized carbons (Fsp3) is 0.300. The van der Waals surface area contributed by atoms with Crippen molar-refractivity contribution in [3.63, 3.8) is 0 Å². The van der Waals surface area contributed by atoms with Crippen LogP contribution >= 0.6 is 0 Å². The van der Waals surface area contributed by atoms with E-state index in [9.17, 15) is 9.59 Å². The second kappa shape index (κ2) is 9.46. The van der Waals surface area contributed by atoms with Gasteiger partial charge in [-0.2, -0.15) is 0 Å². The third kappa shape index (κ3) is 5.81. The Hall–Kier alpha value is -3.02. The number of carbonyl (C=O) groups is 2. The Bertz CT molecular complexity index is 742. The molecule has 0 saturated carbocycles. The molecule has 0 saturated heterocycles. The van der Waals surface area contributed by atoms with Crippen LogP contribution in [0.25, 0.3) is 0 Å². The average Bonchev–Trinajstić information content (AvgIpc) is 2.65. The molecule has 2 aromatic carbocycles. The van der Waals surface area contributed by atoms with Gasteiger partial charge in [0.1, 0.15) is 12.4 Å². The van der Waals surface area contributed by atoms with E-state index in [1.54, 1.807) is 24.3 Å². The van der Waals surface area contributed by atoms with Crippen molar-refractivity contribution >= 4 is 17.7 Å². The van der Waals surface area contributed by atoms with Crippen LogP contribution in [-0.4, -0.2) is 32.3 Å². The predicted octanol–water partition coefficient (Wildman–Crippen LogP) is 3.80. The standard InChI is InChI=1S/C20H24N2O4/c1-14(2)15-7-9-18(10-8-15)26-12-11-21-19(23)16-5-4-6-17(13-16)22-20(24)25-3/h4-10,13-14H,11-12H2,1-3H3,(H,21,23)(H,22,24). The molecule has 2 N–H and O–H groups in total. The van der Waals surface area contributed by atoms with E-state index in [1.165, 1.54) is 12.7 Å². The Morgan fingerprint density at radius 2 is 1.81 bits per heavy atom. The minimum Gasteiger partial charge on any atom is -0.492 e. The van der Waals surface area contributed by atoms with Crippen molar-refractivity contribution in [3.05, 3.63) is 59.7 Å². The molecule has 0 aliphatic heterocycles. The maximum Gasteiger partial charge on any atom is 0.411 e. The molecular weight excluding hydrogens is 332 g/mol. The summed E-state index contributed by atoms with van der Waals surface area (Å²) >= 11 is 0. The summed E-state index contributed by atoms with van der Waals surface area (Å²) in [5.41, 5.74) is 2.19. The minimum absolute atomic E-state index is 0.239. The zero-order chi connectivity index (χ0) is 18.9. The third-order valence-electron chi connectivity index (χ3n) is 3.76. The third-order valence-corrected chi connectivity index (χ3v) is 3.76. The van der Waals surface area contributed by atoms with Gasteiger partial charge in [0.2, 0.25) is 0 Å². The van der Waals surface area contributed by atoms with Crippen LogP contribution < -0.4 is 15.4 Å². The maximum atomic E-state index is 12.2. The van der Waals surface area contributed by atoms with E-state index in [1.807, 2.05) is 24.3 Å². The highest BCUT2D eigenvalue weighted by atomic mass is 16.5. The minimum atomic E-state index is -0.584. The summed E-state index contributed by atoms with van der Waals surface area (Å²) < 4.78 is 10.2. The number of amides is 2. The number of ether oxygens (including phenoxy) is 2. The Labute approximate surface area is 153 Å². The Morgan fingerprint density at radius 3 is 2.46 bits per heavy atom. The molecule has 26 heavy (non-hydrogen) atoms. The number of carbonyl (C=O) groups excluding carboxylic acids is 2. The lowest BCUT2D eigenvalue weighted by molar-refractivity contribution is 0.0947. The van der Waals surface area contributed by atoms with Crippen LogP contribution in [0.2, 0.25) is 0 Å². The van der Waals surface area contributed by atoms with Gasteiger partial charge in [-0.15, -0.1) is 0 Å². The molecule has 6 nitrogen and oxygen atoms in total. The Morgan fingerprint density at radius 1 is 1.08 bits per heavy atom. The topological polar surface area (TPSA) is 76.7 Å². The van der Waals surface area contributed by atoms with Crippen LogP contribution in [0.4, 0.5) is 10.5 Å². The lowest BCUT2D eigenvalue weighted by Gasteiger charge is -2.10. The number of nitrogens with one attached hydrogen (secondary N) is 2. The molecule has 0 radical (unpaired) electrons. The van der Waals surface area contributed by atoms with Gasteiger partial charge in [0.15, 0.2) is 0 Å². The van der Waals surface area contributed by atoms with Gasteiger partial charge in [-0.1, -0.05) is 32.0 Å². The molecule has 0 unspecified atom stereocenters. The van der Waals surface area contributed by atoms with Crippen molar-refractivity contribution in [1.82, 2.24) is 5.32 Å². The molecule has 0 atom stereocenters. The SMILES string of the molecule is COC(=O)Nc1cccc(C(=O)NCCOc2ccc(C(C)C)cc2)c1. The molecule has 2 aromatic rings. The Kier molecular flexibility index (Phi) is 7.02. The van der Waals surface area contributed by atoms with E-state index in [0.717, 1.165) is 5.75 Å². The molecule has 138 valence electrons. The van der Waals surface area contributed by atoms with Gasteiger partial charge in [0.25, 0.3) is 5.91 Å². The first kappa shape index (κ1) is 19.3. The van der Waals surface area contributed by atoms with E-state index < -0.39 is 6.09 Å². The molecule has 0 aromatic heterocycles. The van der Waals surface area contributed by atoms with Gasteiger partial charge < -0.3 is 14.8 Å². The van der Waals surface area contributed by atoms with Gasteiger partial charge in [0, 0.05) is 11.3 Å². The van der Waals surface area contributed by atoms with Gasteiger partial charge in [-0.25, -0.2) is 4.79 Å². The van der Waals surface area contributed by atoms with E-state index in [0.29, 0.717) is 30.3 Å². The molecule has 0 heterocycles. The van der Waals surface area contributed by atoms with Crippen LogP contribution in [0.1, 0.15) is 35.7 Å². The van der Waals surface area contributed by atoms with Crippen molar-refractivity contribution in [2.45, 2.75) is 19.8 Å². The highest BCUT2D eigenvalue weighted by molar-refractivity contribution is 5.96. The second-order valence-corrected chi connectivity index (χ2v) is 6.03. The number of methoxy groups -OCH3 is 1. The summed E-state index contributed by atoms with van der Waals surface area (Å²) in [5, 5.41) is 5.31. The van der Waals surface area contributed by atoms with E-state index in [-0.39, 0.29) is 5.91 Å². The summed E-state index contributed by atoms with van der Waals surface area (Å²) in [4.78, 5) is 23.4. The lowest BCUT2D eigenvalue weighted by Crippen LogP contribution is -2.28. The highest BCUT2D eigenvalue weighted by Gasteiger charge is 2.07. The highest BCUT2D eigenvalue weighted by Crippen LogP contribution is 2.18. The van der Waals surface area contributed by atoms with Gasteiger partial charge in [-0.3, -0.25) is 10.1 Å². The van der Waals surface area contributed by atoms with Crippen molar-refractivity contribution in [2.24, 2.45) is 0 Å². The molecule has 0 aliphatic carbocycles. The first-order valence-electron chi connectivity index (χ1n) is 8.45. The van der Waals surface area contributed by atoms with Crippen LogP contribution in [0, 0.1) is 0 Å². The fourth-order valence-electron chi connectivity index (χ4n) is 2.29. The zero-order valence-corrected chi connectivity index (χ0v) is 15.2. The number of hydrogen-bond donors (Lipinski definition) is 2. The summed E-state index contributed by atoms with van der Waals surface area (Å²) in [6.07, 6.45) is -0.584. The average molecular weight is 356 g/mol. The Balaban J connectivity index is 1.79. The fourth-order valence-corrected chi connectivity index (χ4v) is 2.29. The summed E-state index contributed by atoms with van der Waals surface area (Å²) in [7, 11) is 1.28. The quantitative estimate of drug-likeness (QED) is 0.740. The largest absolute Gasteiger partial charge is 0.492 e. The van der Waals surface area contributed by atoms with Crippen LogP contribution in [0.15, 0.2) is 48.5 Å². The molecular formula is C20H24N2O4. The van der Waals surface area contributed by atoms with Crippen LogP contribution in [0.5, 0.6) is 5.75 Å². The van der Waals surface area contributed by atoms with Crippen LogP contribution in [0.3, 0.4) is 0 Å². The van der Waals surface area contributed by atoms with E-state index >= 15 is 0 Å². The van der Waals surface area contributed by atoms with E-state index in [2.05, 4.69) is 29.2 Å². The van der Waals surface area contributed by atoms with Crippen molar-refractivity contribution < 1.29 is 19.1 Å². The van der Waals surface area contributed by atoms with Gasteiger partial charge in [-0.05, 0) is 41.8 Å². The number of benzene rings is 2. The number of rotatable bonds is 7. The van der Waals surface area contributed by atoms with Crippen molar-refractivity contribution in [2.75, 3.05) is 25.6 Å². The summed E-state index contributed by atoms with van der Waals surface area (Å²) in [6.45, 7) is 5.02.